The fourth-order valence-electron chi connectivity index (χ4n) is 2.59. The molecular weight excluding hydrogens is 436 g/mol. The highest BCUT2D eigenvalue weighted by atomic mass is 79.9. The van der Waals surface area contributed by atoms with E-state index in [0.29, 0.717) is 32.7 Å². The van der Waals surface area contributed by atoms with Gasteiger partial charge in [-0.15, -0.1) is 0 Å². The van der Waals surface area contributed by atoms with E-state index in [2.05, 4.69) is 26.6 Å². The van der Waals surface area contributed by atoms with Crippen LogP contribution in [0, 0.1) is 0 Å². The van der Waals surface area contributed by atoms with E-state index in [1.807, 2.05) is 6.07 Å². The van der Waals surface area contributed by atoms with Crippen molar-refractivity contribution in [2.24, 2.45) is 0 Å². The molecule has 3 aromatic rings. The van der Waals surface area contributed by atoms with Crippen molar-refractivity contribution in [2.75, 3.05) is 10.6 Å². The maximum atomic E-state index is 12.5. The third-order valence-electron chi connectivity index (χ3n) is 3.85. The molecular formula is C22H17BrN2O4. The molecule has 0 unspecified atom stereocenters. The van der Waals surface area contributed by atoms with Crippen LogP contribution in [0.25, 0.3) is 0 Å². The number of carbonyl (C=O) groups is 3. The number of esters is 1. The summed E-state index contributed by atoms with van der Waals surface area (Å²) in [5.41, 5.74) is 1.89. The number of hydrogen-bond acceptors (Lipinski definition) is 4. The summed E-state index contributed by atoms with van der Waals surface area (Å²) in [6.45, 7) is 1.29. The molecule has 146 valence electrons. The monoisotopic (exact) mass is 452 g/mol. The molecule has 0 spiro atoms. The predicted molar refractivity (Wildman–Crippen MR) is 114 cm³/mol. The zero-order chi connectivity index (χ0) is 20.8. The number of benzene rings is 3. The van der Waals surface area contributed by atoms with Crippen molar-refractivity contribution in [1.29, 1.82) is 0 Å². The first kappa shape index (κ1) is 20.3. The summed E-state index contributed by atoms with van der Waals surface area (Å²) in [6.07, 6.45) is 0. The van der Waals surface area contributed by atoms with Gasteiger partial charge >= 0.3 is 5.97 Å². The number of ether oxygens (including phenoxy) is 1. The Kier molecular flexibility index (Phi) is 6.41. The maximum Gasteiger partial charge on any atom is 0.308 e. The Morgan fingerprint density at radius 3 is 2.14 bits per heavy atom. The molecule has 0 aliphatic heterocycles. The lowest BCUT2D eigenvalue weighted by atomic mass is 10.2. The molecule has 29 heavy (non-hydrogen) atoms. The molecule has 0 saturated heterocycles. The van der Waals surface area contributed by atoms with Gasteiger partial charge in [-0.25, -0.2) is 0 Å². The average Bonchev–Trinajstić information content (AvgIpc) is 2.68. The number of rotatable bonds is 5. The number of halogens is 1. The van der Waals surface area contributed by atoms with E-state index >= 15 is 0 Å². The number of nitrogens with one attached hydrogen (secondary N) is 2. The van der Waals surface area contributed by atoms with Crippen molar-refractivity contribution in [1.82, 2.24) is 0 Å². The topological polar surface area (TPSA) is 84.5 Å². The third kappa shape index (κ3) is 5.52. The van der Waals surface area contributed by atoms with Crippen molar-refractivity contribution in [3.63, 3.8) is 0 Å². The zero-order valence-electron chi connectivity index (χ0n) is 15.4. The summed E-state index contributed by atoms with van der Waals surface area (Å²) >= 11 is 3.35. The average molecular weight is 453 g/mol. The van der Waals surface area contributed by atoms with Crippen LogP contribution in [0.3, 0.4) is 0 Å². The smallest absolute Gasteiger partial charge is 0.308 e. The molecule has 2 N–H and O–H groups in total. The van der Waals surface area contributed by atoms with Crippen molar-refractivity contribution in [2.45, 2.75) is 6.92 Å². The van der Waals surface area contributed by atoms with Crippen LogP contribution in [0.5, 0.6) is 5.75 Å². The van der Waals surface area contributed by atoms with Crippen molar-refractivity contribution < 1.29 is 19.1 Å². The molecule has 0 bridgehead atoms. The lowest BCUT2D eigenvalue weighted by molar-refractivity contribution is -0.131. The molecule has 0 atom stereocenters. The van der Waals surface area contributed by atoms with Gasteiger partial charge in [0, 0.05) is 28.3 Å². The SMILES string of the molecule is CC(=O)Oc1cccc(C(=O)Nc2cccc(NC(=O)c3ccccc3Br)c2)c1. The number of hydrogen-bond donors (Lipinski definition) is 2. The molecule has 0 heterocycles. The molecule has 0 aliphatic carbocycles. The lowest BCUT2D eigenvalue weighted by Gasteiger charge is -2.10. The molecule has 0 saturated carbocycles. The van der Waals surface area contributed by atoms with E-state index in [-0.39, 0.29) is 11.8 Å². The second-order valence-corrected chi connectivity index (χ2v) is 6.94. The van der Waals surface area contributed by atoms with Crippen LogP contribution in [0.4, 0.5) is 11.4 Å². The molecule has 7 heteroatoms. The fourth-order valence-corrected chi connectivity index (χ4v) is 3.05. The first-order valence-corrected chi connectivity index (χ1v) is 9.47. The Balaban J connectivity index is 1.71. The van der Waals surface area contributed by atoms with Crippen LogP contribution >= 0.6 is 15.9 Å². The maximum absolute atomic E-state index is 12.5. The zero-order valence-corrected chi connectivity index (χ0v) is 17.0. The van der Waals surface area contributed by atoms with Gasteiger partial charge in [-0.3, -0.25) is 14.4 Å². The highest BCUT2D eigenvalue weighted by molar-refractivity contribution is 9.10. The van der Waals surface area contributed by atoms with Crippen LogP contribution < -0.4 is 15.4 Å². The van der Waals surface area contributed by atoms with Crippen molar-refractivity contribution in [3.05, 3.63) is 88.4 Å². The van der Waals surface area contributed by atoms with Crippen molar-refractivity contribution in [3.8, 4) is 5.75 Å². The highest BCUT2D eigenvalue weighted by Gasteiger charge is 2.11. The molecule has 3 aromatic carbocycles. The highest BCUT2D eigenvalue weighted by Crippen LogP contribution is 2.21. The Labute approximate surface area is 176 Å². The lowest BCUT2D eigenvalue weighted by Crippen LogP contribution is -2.14. The van der Waals surface area contributed by atoms with Crippen LogP contribution in [-0.2, 0) is 4.79 Å². The molecule has 0 radical (unpaired) electrons. The van der Waals surface area contributed by atoms with E-state index in [0.717, 1.165) is 0 Å². The summed E-state index contributed by atoms with van der Waals surface area (Å²) in [5.74, 6) is -0.807. The predicted octanol–water partition coefficient (Wildman–Crippen LogP) is 4.88. The normalized spacial score (nSPS) is 10.1. The van der Waals surface area contributed by atoms with Gasteiger partial charge in [0.25, 0.3) is 11.8 Å². The van der Waals surface area contributed by atoms with E-state index in [9.17, 15) is 14.4 Å². The van der Waals surface area contributed by atoms with Crippen LogP contribution in [0.1, 0.15) is 27.6 Å². The Morgan fingerprint density at radius 1 is 0.793 bits per heavy atom. The summed E-state index contributed by atoms with van der Waals surface area (Å²) in [5, 5.41) is 5.57. The number of carbonyl (C=O) groups excluding carboxylic acids is 3. The molecule has 6 nitrogen and oxygen atoms in total. The Morgan fingerprint density at radius 2 is 1.45 bits per heavy atom. The van der Waals surface area contributed by atoms with Crippen LogP contribution in [0.15, 0.2) is 77.3 Å². The van der Waals surface area contributed by atoms with Crippen LogP contribution in [-0.4, -0.2) is 17.8 Å². The minimum atomic E-state index is -0.462. The molecule has 2 amide bonds. The summed E-state index contributed by atoms with van der Waals surface area (Å²) in [4.78, 5) is 36.0. The summed E-state index contributed by atoms with van der Waals surface area (Å²) < 4.78 is 5.69. The van der Waals surface area contributed by atoms with Gasteiger partial charge in [-0.05, 0) is 64.5 Å². The molecule has 0 fully saturated rings. The van der Waals surface area contributed by atoms with E-state index in [1.165, 1.54) is 13.0 Å². The van der Waals surface area contributed by atoms with E-state index < -0.39 is 5.97 Å². The van der Waals surface area contributed by atoms with Gasteiger partial charge in [0.15, 0.2) is 0 Å². The molecule has 0 aliphatic rings. The van der Waals surface area contributed by atoms with E-state index in [4.69, 9.17) is 4.74 Å². The molecule has 0 aromatic heterocycles. The second-order valence-electron chi connectivity index (χ2n) is 6.09. The minimum Gasteiger partial charge on any atom is -0.427 e. The van der Waals surface area contributed by atoms with Gasteiger partial charge in [-0.1, -0.05) is 24.3 Å². The second kappa shape index (κ2) is 9.16. The first-order valence-electron chi connectivity index (χ1n) is 8.68. The number of amides is 2. The summed E-state index contributed by atoms with van der Waals surface area (Å²) in [6, 6.07) is 20.2. The largest absolute Gasteiger partial charge is 0.427 e. The van der Waals surface area contributed by atoms with Gasteiger partial charge in [0.2, 0.25) is 0 Å². The van der Waals surface area contributed by atoms with Gasteiger partial charge < -0.3 is 15.4 Å². The Hall–Kier alpha value is -3.45. The third-order valence-corrected chi connectivity index (χ3v) is 4.55. The Bertz CT molecular complexity index is 1080. The van der Waals surface area contributed by atoms with Crippen molar-refractivity contribution >= 4 is 45.1 Å². The first-order chi connectivity index (χ1) is 13.9. The minimum absolute atomic E-state index is 0.268. The van der Waals surface area contributed by atoms with Gasteiger partial charge in [0.05, 0.1) is 5.56 Å². The quantitative estimate of drug-likeness (QED) is 0.426. The van der Waals surface area contributed by atoms with Gasteiger partial charge in [-0.2, -0.15) is 0 Å². The molecule has 3 rings (SSSR count). The number of anilines is 2. The standard InChI is InChI=1S/C22H17BrN2O4/c1-14(26)29-18-9-4-6-15(12-18)21(27)24-16-7-5-8-17(13-16)25-22(28)19-10-2-3-11-20(19)23/h2-13H,1H3,(H,24,27)(H,25,28). The fraction of sp³-hybridized carbons (Fsp3) is 0.0455. The summed E-state index contributed by atoms with van der Waals surface area (Å²) in [7, 11) is 0. The van der Waals surface area contributed by atoms with Crippen LogP contribution in [0.2, 0.25) is 0 Å². The van der Waals surface area contributed by atoms with E-state index in [1.54, 1.807) is 60.7 Å². The van der Waals surface area contributed by atoms with Gasteiger partial charge in [0.1, 0.15) is 5.75 Å².